The molecular weight excluding hydrogens is 520 g/mol. The second-order valence-corrected chi connectivity index (χ2v) is 10.8. The molecule has 204 valence electrons. The summed E-state index contributed by atoms with van der Waals surface area (Å²) in [5.41, 5.74) is 6.25. The van der Waals surface area contributed by atoms with E-state index in [1.807, 2.05) is 104 Å². The van der Waals surface area contributed by atoms with E-state index < -0.39 is 5.92 Å². The molecule has 6 aromatic rings. The molecule has 5 nitrogen and oxygen atoms in total. The SMILES string of the molecule is Cc1cc2c(c(C3C(=O)c4ccccc4C3=O)c(-c3ccccc3)n2Cc2ccccc2)c(=O)n1Cc1ccccc1. The van der Waals surface area contributed by atoms with Gasteiger partial charge in [0.1, 0.15) is 5.92 Å². The van der Waals surface area contributed by atoms with Gasteiger partial charge in [0.2, 0.25) is 0 Å². The number of carbonyl (C=O) groups is 2. The van der Waals surface area contributed by atoms with Crippen molar-refractivity contribution in [2.45, 2.75) is 25.9 Å². The third kappa shape index (κ3) is 4.13. The van der Waals surface area contributed by atoms with Gasteiger partial charge in [0, 0.05) is 28.9 Å². The largest absolute Gasteiger partial charge is 0.336 e. The van der Waals surface area contributed by atoms with E-state index in [0.717, 1.165) is 33.6 Å². The summed E-state index contributed by atoms with van der Waals surface area (Å²) in [4.78, 5) is 42.6. The Labute approximate surface area is 243 Å². The number of carbonyl (C=O) groups excluding carboxylic acids is 2. The monoisotopic (exact) mass is 548 g/mol. The van der Waals surface area contributed by atoms with Crippen molar-refractivity contribution < 1.29 is 9.59 Å². The lowest BCUT2D eigenvalue weighted by molar-refractivity contribution is 0.0891. The van der Waals surface area contributed by atoms with Crippen molar-refractivity contribution in [3.63, 3.8) is 0 Å². The molecule has 0 atom stereocenters. The molecule has 0 aliphatic heterocycles. The van der Waals surface area contributed by atoms with Gasteiger partial charge in [0.25, 0.3) is 5.56 Å². The number of ketones is 2. The smallest absolute Gasteiger partial charge is 0.260 e. The molecule has 2 heterocycles. The number of hydrogen-bond acceptors (Lipinski definition) is 3. The predicted molar refractivity (Wildman–Crippen MR) is 165 cm³/mol. The molecule has 0 bridgehead atoms. The van der Waals surface area contributed by atoms with Crippen LogP contribution in [0, 0.1) is 6.92 Å². The zero-order chi connectivity index (χ0) is 28.8. The topological polar surface area (TPSA) is 61.1 Å². The Bertz CT molecular complexity index is 2000. The molecule has 0 saturated heterocycles. The molecule has 2 aromatic heterocycles. The second-order valence-electron chi connectivity index (χ2n) is 10.8. The van der Waals surface area contributed by atoms with E-state index in [2.05, 4.69) is 4.57 Å². The molecule has 0 saturated carbocycles. The molecular formula is C37H28N2O3. The van der Waals surface area contributed by atoms with Crippen molar-refractivity contribution in [3.8, 4) is 11.3 Å². The van der Waals surface area contributed by atoms with Gasteiger partial charge in [-0.3, -0.25) is 14.4 Å². The molecule has 4 aromatic carbocycles. The van der Waals surface area contributed by atoms with Gasteiger partial charge in [-0.25, -0.2) is 0 Å². The first-order valence-electron chi connectivity index (χ1n) is 14.1. The van der Waals surface area contributed by atoms with Gasteiger partial charge >= 0.3 is 0 Å². The molecule has 0 amide bonds. The zero-order valence-electron chi connectivity index (χ0n) is 23.2. The van der Waals surface area contributed by atoms with Gasteiger partial charge in [-0.05, 0) is 29.7 Å². The number of Topliss-reactive ketones (excluding diaryl/α,β-unsaturated/α-hetero) is 2. The number of nitrogens with zero attached hydrogens (tertiary/aromatic N) is 2. The van der Waals surface area contributed by atoms with Crippen molar-refractivity contribution in [1.82, 2.24) is 9.13 Å². The van der Waals surface area contributed by atoms with Crippen molar-refractivity contribution in [2.24, 2.45) is 0 Å². The van der Waals surface area contributed by atoms with Gasteiger partial charge in [0.15, 0.2) is 11.6 Å². The van der Waals surface area contributed by atoms with Crippen molar-refractivity contribution >= 4 is 22.5 Å². The highest BCUT2D eigenvalue weighted by Gasteiger charge is 2.43. The molecule has 42 heavy (non-hydrogen) atoms. The summed E-state index contributed by atoms with van der Waals surface area (Å²) in [7, 11) is 0. The summed E-state index contributed by atoms with van der Waals surface area (Å²) in [5.74, 6) is -1.63. The molecule has 0 fully saturated rings. The second kappa shape index (κ2) is 10.3. The van der Waals surface area contributed by atoms with Crippen LogP contribution in [0.25, 0.3) is 22.2 Å². The fourth-order valence-corrected chi connectivity index (χ4v) is 6.29. The Balaban J connectivity index is 1.58. The third-order valence-electron chi connectivity index (χ3n) is 8.26. The van der Waals surface area contributed by atoms with E-state index >= 15 is 0 Å². The average Bonchev–Trinajstić information content (AvgIpc) is 3.46. The van der Waals surface area contributed by atoms with Gasteiger partial charge in [-0.1, -0.05) is 115 Å². The summed E-state index contributed by atoms with van der Waals surface area (Å²) in [5, 5.41) is 0.422. The van der Waals surface area contributed by atoms with Crippen LogP contribution in [0.4, 0.5) is 0 Å². The standard InChI is InChI=1S/C37H28N2O3/c1-24-21-30-31(37(42)38(24)22-25-13-5-2-6-14-25)32(33-35(40)28-19-11-12-20-29(28)36(33)41)34(27-17-9-4-10-18-27)39(30)23-26-15-7-3-8-16-26/h2-21,33H,22-23H2,1H3. The van der Waals surface area contributed by atoms with Crippen LogP contribution in [-0.4, -0.2) is 20.7 Å². The summed E-state index contributed by atoms with van der Waals surface area (Å²) in [6.07, 6.45) is 0. The van der Waals surface area contributed by atoms with E-state index in [-0.39, 0.29) is 17.1 Å². The van der Waals surface area contributed by atoms with Crippen molar-refractivity contribution in [3.05, 3.63) is 165 Å². The van der Waals surface area contributed by atoms with E-state index in [9.17, 15) is 14.4 Å². The Morgan fingerprint density at radius 2 is 1.07 bits per heavy atom. The molecule has 0 radical (unpaired) electrons. The van der Waals surface area contributed by atoms with E-state index in [1.54, 1.807) is 28.8 Å². The Morgan fingerprint density at radius 1 is 0.595 bits per heavy atom. The van der Waals surface area contributed by atoms with Crippen LogP contribution in [0.15, 0.2) is 126 Å². The first-order chi connectivity index (χ1) is 20.5. The van der Waals surface area contributed by atoms with Crippen LogP contribution >= 0.6 is 0 Å². The minimum Gasteiger partial charge on any atom is -0.336 e. The molecule has 1 aliphatic carbocycles. The number of aryl methyl sites for hydroxylation is 1. The predicted octanol–water partition coefficient (Wildman–Crippen LogP) is 7.04. The molecule has 5 heteroatoms. The van der Waals surface area contributed by atoms with Gasteiger partial charge < -0.3 is 9.13 Å². The number of pyridine rings is 1. The van der Waals surface area contributed by atoms with Gasteiger partial charge in [-0.15, -0.1) is 0 Å². The maximum absolute atomic E-state index is 14.6. The maximum Gasteiger partial charge on any atom is 0.260 e. The molecule has 7 rings (SSSR count). The van der Waals surface area contributed by atoms with Crippen LogP contribution < -0.4 is 5.56 Å². The highest BCUT2D eigenvalue weighted by molar-refractivity contribution is 6.31. The van der Waals surface area contributed by atoms with E-state index in [4.69, 9.17) is 0 Å². The van der Waals surface area contributed by atoms with Crippen LogP contribution in [0.2, 0.25) is 0 Å². The summed E-state index contributed by atoms with van der Waals surface area (Å²) in [6, 6.07) is 38.7. The van der Waals surface area contributed by atoms with E-state index in [1.165, 1.54) is 0 Å². The molecule has 0 spiro atoms. The fraction of sp³-hybridized carbons (Fsp3) is 0.108. The third-order valence-corrected chi connectivity index (χ3v) is 8.26. The lowest BCUT2D eigenvalue weighted by Gasteiger charge is -2.15. The molecule has 0 unspecified atom stereocenters. The minimum absolute atomic E-state index is 0.204. The number of benzene rings is 4. The Morgan fingerprint density at radius 3 is 1.62 bits per heavy atom. The van der Waals surface area contributed by atoms with Crippen molar-refractivity contribution in [1.29, 1.82) is 0 Å². The van der Waals surface area contributed by atoms with Crippen LogP contribution in [0.3, 0.4) is 0 Å². The highest BCUT2D eigenvalue weighted by Crippen LogP contribution is 2.43. The van der Waals surface area contributed by atoms with Gasteiger partial charge in [-0.2, -0.15) is 0 Å². The first kappa shape index (κ1) is 25.7. The minimum atomic E-state index is -1.10. The highest BCUT2D eigenvalue weighted by atomic mass is 16.2. The normalized spacial score (nSPS) is 13.2. The van der Waals surface area contributed by atoms with Crippen LogP contribution in [-0.2, 0) is 13.1 Å². The van der Waals surface area contributed by atoms with Gasteiger partial charge in [0.05, 0.1) is 23.1 Å². The quantitative estimate of drug-likeness (QED) is 0.210. The molecule has 1 aliphatic rings. The van der Waals surface area contributed by atoms with E-state index in [0.29, 0.717) is 35.2 Å². The maximum atomic E-state index is 14.6. The lowest BCUT2D eigenvalue weighted by atomic mass is 9.89. The van der Waals surface area contributed by atoms with Crippen LogP contribution in [0.1, 0.15) is 49.0 Å². The lowest BCUT2D eigenvalue weighted by Crippen LogP contribution is -2.25. The average molecular weight is 549 g/mol. The number of aromatic nitrogens is 2. The first-order valence-corrected chi connectivity index (χ1v) is 14.1. The fourth-order valence-electron chi connectivity index (χ4n) is 6.29. The summed E-state index contributed by atoms with van der Waals surface area (Å²) < 4.78 is 3.86. The number of hydrogen-bond donors (Lipinski definition) is 0. The molecule has 0 N–H and O–H groups in total. The van der Waals surface area contributed by atoms with Crippen LogP contribution in [0.5, 0.6) is 0 Å². The number of fused-ring (bicyclic) bond motifs is 2. The zero-order valence-corrected chi connectivity index (χ0v) is 23.2. The number of rotatable bonds is 6. The Hall–Kier alpha value is -5.29. The summed E-state index contributed by atoms with van der Waals surface area (Å²) >= 11 is 0. The summed E-state index contributed by atoms with van der Waals surface area (Å²) in [6.45, 7) is 2.80. The van der Waals surface area contributed by atoms with Crippen molar-refractivity contribution in [2.75, 3.05) is 0 Å². The Kier molecular flexibility index (Phi) is 6.28.